The predicted octanol–water partition coefficient (Wildman–Crippen LogP) is 1.95. The van der Waals surface area contributed by atoms with Gasteiger partial charge in [0.25, 0.3) is 0 Å². The summed E-state index contributed by atoms with van der Waals surface area (Å²) in [6.45, 7) is 2.94. The van der Waals surface area contributed by atoms with Gasteiger partial charge < -0.3 is 15.3 Å². The van der Waals surface area contributed by atoms with E-state index < -0.39 is 11.5 Å². The maximum atomic E-state index is 11.7. The molecule has 0 saturated heterocycles. The number of aliphatic carboxylic acids is 1. The SMILES string of the molecule is CNC(CN(C)C1CCC(C)CC1)(C(=O)O)C1CC1. The summed E-state index contributed by atoms with van der Waals surface area (Å²) in [7, 11) is 3.89. The summed E-state index contributed by atoms with van der Waals surface area (Å²) in [5, 5.41) is 12.7. The Balaban J connectivity index is 1.98. The van der Waals surface area contributed by atoms with Crippen molar-refractivity contribution >= 4 is 5.97 Å². The summed E-state index contributed by atoms with van der Waals surface area (Å²) in [5.41, 5.74) is -0.738. The Hall–Kier alpha value is -0.610. The fraction of sp³-hybridized carbons (Fsp3) is 0.933. The van der Waals surface area contributed by atoms with Crippen LogP contribution in [-0.4, -0.2) is 48.2 Å². The Labute approximate surface area is 116 Å². The zero-order valence-electron chi connectivity index (χ0n) is 12.5. The molecule has 2 N–H and O–H groups in total. The molecule has 2 fully saturated rings. The molecule has 19 heavy (non-hydrogen) atoms. The zero-order valence-corrected chi connectivity index (χ0v) is 12.5. The van der Waals surface area contributed by atoms with Crippen LogP contribution in [0.3, 0.4) is 0 Å². The lowest BCUT2D eigenvalue weighted by Crippen LogP contribution is -2.60. The third kappa shape index (κ3) is 3.11. The maximum absolute atomic E-state index is 11.7. The summed E-state index contributed by atoms with van der Waals surface area (Å²) >= 11 is 0. The van der Waals surface area contributed by atoms with E-state index in [-0.39, 0.29) is 0 Å². The van der Waals surface area contributed by atoms with Crippen molar-refractivity contribution in [2.45, 2.75) is 57.0 Å². The topological polar surface area (TPSA) is 52.6 Å². The highest BCUT2D eigenvalue weighted by Crippen LogP contribution is 2.41. The Morgan fingerprint density at radius 1 is 1.26 bits per heavy atom. The molecule has 4 heteroatoms. The predicted molar refractivity (Wildman–Crippen MR) is 76.2 cm³/mol. The average Bonchev–Trinajstić information content (AvgIpc) is 3.20. The Bertz CT molecular complexity index is 322. The first-order valence-corrected chi connectivity index (χ1v) is 7.62. The monoisotopic (exact) mass is 268 g/mol. The van der Waals surface area contributed by atoms with E-state index in [0.717, 1.165) is 18.8 Å². The van der Waals surface area contributed by atoms with Crippen LogP contribution in [0.1, 0.15) is 45.4 Å². The van der Waals surface area contributed by atoms with Gasteiger partial charge in [-0.3, -0.25) is 4.79 Å². The number of hydrogen-bond acceptors (Lipinski definition) is 3. The van der Waals surface area contributed by atoms with E-state index in [1.807, 2.05) is 0 Å². The van der Waals surface area contributed by atoms with E-state index in [1.54, 1.807) is 7.05 Å². The molecule has 2 rings (SSSR count). The van der Waals surface area contributed by atoms with E-state index in [1.165, 1.54) is 25.7 Å². The standard InChI is InChI=1S/C15H28N2O2/c1-11-4-8-13(9-5-11)17(3)10-15(16-2,14(18)19)12-6-7-12/h11-13,16H,4-10H2,1-3H3,(H,18,19). The zero-order chi connectivity index (χ0) is 14.0. The van der Waals surface area contributed by atoms with E-state index in [0.29, 0.717) is 18.5 Å². The molecule has 1 atom stereocenters. The molecule has 0 aromatic rings. The van der Waals surface area contributed by atoms with Crippen molar-refractivity contribution in [2.24, 2.45) is 11.8 Å². The summed E-state index contributed by atoms with van der Waals surface area (Å²) in [5.74, 6) is 0.454. The molecule has 0 heterocycles. The molecule has 2 aliphatic carbocycles. The van der Waals surface area contributed by atoms with Crippen molar-refractivity contribution in [3.8, 4) is 0 Å². The first-order valence-electron chi connectivity index (χ1n) is 7.62. The number of rotatable bonds is 6. The van der Waals surface area contributed by atoms with Gasteiger partial charge >= 0.3 is 5.97 Å². The van der Waals surface area contributed by atoms with Gasteiger partial charge in [-0.15, -0.1) is 0 Å². The fourth-order valence-corrected chi connectivity index (χ4v) is 3.54. The number of hydrogen-bond donors (Lipinski definition) is 2. The van der Waals surface area contributed by atoms with Crippen LogP contribution in [-0.2, 0) is 4.79 Å². The molecular formula is C15H28N2O2. The van der Waals surface area contributed by atoms with Crippen molar-refractivity contribution < 1.29 is 9.90 Å². The van der Waals surface area contributed by atoms with Crippen LogP contribution in [0.5, 0.6) is 0 Å². The minimum absolute atomic E-state index is 0.306. The van der Waals surface area contributed by atoms with Crippen LogP contribution in [0.25, 0.3) is 0 Å². The summed E-state index contributed by atoms with van der Waals surface area (Å²) in [6.07, 6.45) is 7.06. The van der Waals surface area contributed by atoms with Crippen LogP contribution >= 0.6 is 0 Å². The van der Waals surface area contributed by atoms with E-state index in [9.17, 15) is 9.90 Å². The highest BCUT2D eigenvalue weighted by Gasteiger charge is 2.51. The van der Waals surface area contributed by atoms with Crippen LogP contribution in [0, 0.1) is 11.8 Å². The largest absolute Gasteiger partial charge is 0.480 e. The number of carboxylic acids is 1. The Morgan fingerprint density at radius 2 is 1.84 bits per heavy atom. The maximum Gasteiger partial charge on any atom is 0.325 e. The molecule has 0 amide bonds. The van der Waals surface area contributed by atoms with Gasteiger partial charge in [-0.2, -0.15) is 0 Å². The van der Waals surface area contributed by atoms with Gasteiger partial charge in [0.05, 0.1) is 0 Å². The Kier molecular flexibility index (Phi) is 4.51. The third-order valence-corrected chi connectivity index (χ3v) is 5.21. The molecule has 110 valence electrons. The van der Waals surface area contributed by atoms with Gasteiger partial charge in [0, 0.05) is 12.6 Å². The van der Waals surface area contributed by atoms with Gasteiger partial charge in [0.1, 0.15) is 5.54 Å². The number of nitrogens with one attached hydrogen (secondary N) is 1. The molecule has 0 aromatic carbocycles. The van der Waals surface area contributed by atoms with Crippen LogP contribution in [0.15, 0.2) is 0 Å². The normalized spacial score (nSPS) is 31.2. The smallest absolute Gasteiger partial charge is 0.325 e. The van der Waals surface area contributed by atoms with E-state index in [4.69, 9.17) is 0 Å². The first-order chi connectivity index (χ1) is 8.99. The van der Waals surface area contributed by atoms with Crippen molar-refractivity contribution in [3.05, 3.63) is 0 Å². The van der Waals surface area contributed by atoms with Crippen molar-refractivity contribution in [1.29, 1.82) is 0 Å². The summed E-state index contributed by atoms with van der Waals surface area (Å²) in [4.78, 5) is 14.0. The van der Waals surface area contributed by atoms with Crippen LogP contribution in [0.4, 0.5) is 0 Å². The Morgan fingerprint density at radius 3 is 2.26 bits per heavy atom. The number of likely N-dealkylation sites (N-methyl/N-ethyl adjacent to an activating group) is 2. The highest BCUT2D eigenvalue weighted by atomic mass is 16.4. The van der Waals surface area contributed by atoms with E-state index in [2.05, 4.69) is 24.2 Å². The molecule has 2 aliphatic rings. The molecule has 0 spiro atoms. The molecule has 0 aromatic heterocycles. The average molecular weight is 268 g/mol. The molecule has 4 nitrogen and oxygen atoms in total. The second-order valence-corrected chi connectivity index (χ2v) is 6.63. The minimum Gasteiger partial charge on any atom is -0.480 e. The van der Waals surface area contributed by atoms with Gasteiger partial charge in [0.2, 0.25) is 0 Å². The lowest BCUT2D eigenvalue weighted by atomic mass is 9.85. The number of nitrogens with zero attached hydrogens (tertiary/aromatic N) is 1. The lowest BCUT2D eigenvalue weighted by molar-refractivity contribution is -0.147. The second-order valence-electron chi connectivity index (χ2n) is 6.63. The van der Waals surface area contributed by atoms with Crippen LogP contribution < -0.4 is 5.32 Å². The molecular weight excluding hydrogens is 240 g/mol. The second kappa shape index (κ2) is 5.80. The van der Waals surface area contributed by atoms with E-state index >= 15 is 0 Å². The number of carbonyl (C=O) groups is 1. The third-order valence-electron chi connectivity index (χ3n) is 5.21. The molecule has 1 unspecified atom stereocenters. The molecule has 0 aliphatic heterocycles. The number of carboxylic acid groups (broad SMARTS) is 1. The van der Waals surface area contributed by atoms with Gasteiger partial charge in [-0.1, -0.05) is 6.92 Å². The lowest BCUT2D eigenvalue weighted by Gasteiger charge is -2.39. The highest BCUT2D eigenvalue weighted by molar-refractivity contribution is 5.80. The summed E-state index contributed by atoms with van der Waals surface area (Å²) in [6, 6.07) is 0.557. The fourth-order valence-electron chi connectivity index (χ4n) is 3.54. The molecule has 0 radical (unpaired) electrons. The quantitative estimate of drug-likeness (QED) is 0.773. The van der Waals surface area contributed by atoms with Crippen molar-refractivity contribution in [1.82, 2.24) is 10.2 Å². The molecule has 0 bridgehead atoms. The summed E-state index contributed by atoms with van der Waals surface area (Å²) < 4.78 is 0. The minimum atomic E-state index is -0.738. The van der Waals surface area contributed by atoms with Gasteiger partial charge in [0.15, 0.2) is 0 Å². The van der Waals surface area contributed by atoms with Gasteiger partial charge in [-0.25, -0.2) is 0 Å². The van der Waals surface area contributed by atoms with Crippen LogP contribution in [0.2, 0.25) is 0 Å². The molecule has 2 saturated carbocycles. The van der Waals surface area contributed by atoms with Crippen molar-refractivity contribution in [3.63, 3.8) is 0 Å². The van der Waals surface area contributed by atoms with Crippen molar-refractivity contribution in [2.75, 3.05) is 20.6 Å². The first kappa shape index (κ1) is 14.8. The van der Waals surface area contributed by atoms with Gasteiger partial charge in [-0.05, 0) is 64.5 Å².